The minimum Gasteiger partial charge on any atom is -0.399 e. The van der Waals surface area contributed by atoms with Crippen LogP contribution in [0.25, 0.3) is 0 Å². The molecule has 0 spiro atoms. The molecule has 2 rings (SSSR count). The molecule has 0 aliphatic carbocycles. The van der Waals surface area contributed by atoms with E-state index in [1.54, 1.807) is 25.1 Å². The highest BCUT2D eigenvalue weighted by molar-refractivity contribution is 9.10. The molecule has 2 aromatic rings. The number of halogens is 3. The van der Waals surface area contributed by atoms with Gasteiger partial charge in [-0.05, 0) is 52.7 Å². The minimum atomic E-state index is -3.81. The molecule has 3 N–H and O–H groups in total. The number of nitrogens with two attached hydrogens (primary N) is 1. The predicted molar refractivity (Wildman–Crippen MR) is 90.6 cm³/mol. The summed E-state index contributed by atoms with van der Waals surface area (Å²) in [5.41, 5.74) is 6.79. The van der Waals surface area contributed by atoms with Gasteiger partial charge < -0.3 is 5.73 Å². The quantitative estimate of drug-likeness (QED) is 0.581. The van der Waals surface area contributed by atoms with Crippen molar-refractivity contribution in [3.05, 3.63) is 50.4 Å². The van der Waals surface area contributed by atoms with Gasteiger partial charge >= 0.3 is 0 Å². The summed E-state index contributed by atoms with van der Waals surface area (Å²) in [6, 6.07) is 7.81. The van der Waals surface area contributed by atoms with Crippen LogP contribution in [0.3, 0.4) is 0 Å². The van der Waals surface area contributed by atoms with E-state index in [0.717, 1.165) is 0 Å². The molecule has 0 aliphatic rings. The van der Waals surface area contributed by atoms with Gasteiger partial charge in [-0.25, -0.2) is 8.42 Å². The van der Waals surface area contributed by atoms with Crippen molar-refractivity contribution in [3.8, 4) is 0 Å². The lowest BCUT2D eigenvalue weighted by molar-refractivity contribution is 0.600. The second kappa shape index (κ2) is 6.04. The number of rotatable bonds is 3. The van der Waals surface area contributed by atoms with Crippen molar-refractivity contribution in [2.75, 3.05) is 10.5 Å². The lowest BCUT2D eigenvalue weighted by Crippen LogP contribution is -2.15. The van der Waals surface area contributed by atoms with Crippen LogP contribution in [-0.2, 0) is 10.0 Å². The maximum Gasteiger partial charge on any atom is 0.262 e. The van der Waals surface area contributed by atoms with Crippen molar-refractivity contribution in [1.82, 2.24) is 0 Å². The molecule has 0 bridgehead atoms. The first-order valence-electron chi connectivity index (χ1n) is 5.75. The van der Waals surface area contributed by atoms with Crippen LogP contribution in [0.1, 0.15) is 5.56 Å². The van der Waals surface area contributed by atoms with E-state index in [0.29, 0.717) is 15.7 Å². The summed E-state index contributed by atoms with van der Waals surface area (Å²) < 4.78 is 27.9. The Morgan fingerprint density at radius 1 is 1.14 bits per heavy atom. The molecule has 0 aromatic heterocycles. The summed E-state index contributed by atoms with van der Waals surface area (Å²) in [6.07, 6.45) is 0. The van der Waals surface area contributed by atoms with Gasteiger partial charge in [0, 0.05) is 10.2 Å². The molecule has 0 heterocycles. The molecule has 0 atom stereocenters. The van der Waals surface area contributed by atoms with E-state index >= 15 is 0 Å². The number of benzene rings is 2. The molecule has 112 valence electrons. The van der Waals surface area contributed by atoms with Gasteiger partial charge in [0.15, 0.2) is 0 Å². The zero-order valence-electron chi connectivity index (χ0n) is 10.8. The van der Waals surface area contributed by atoms with Crippen LogP contribution in [0.4, 0.5) is 11.4 Å². The number of sulfonamides is 1. The molecule has 8 heteroatoms. The smallest absolute Gasteiger partial charge is 0.262 e. The van der Waals surface area contributed by atoms with E-state index in [9.17, 15) is 8.42 Å². The normalized spacial score (nSPS) is 11.4. The minimum absolute atomic E-state index is 0.0950. The Kier molecular flexibility index (Phi) is 4.72. The molecule has 0 saturated heterocycles. The molecule has 0 unspecified atom stereocenters. The van der Waals surface area contributed by atoms with Crippen molar-refractivity contribution >= 4 is 60.5 Å². The second-order valence-corrected chi connectivity index (χ2v) is 7.61. The van der Waals surface area contributed by atoms with Gasteiger partial charge in [-0.2, -0.15) is 0 Å². The summed E-state index contributed by atoms with van der Waals surface area (Å²) in [5, 5.41) is 0.359. The zero-order valence-corrected chi connectivity index (χ0v) is 14.7. The van der Waals surface area contributed by atoms with E-state index < -0.39 is 10.0 Å². The van der Waals surface area contributed by atoms with Gasteiger partial charge in [0.25, 0.3) is 10.0 Å². The van der Waals surface area contributed by atoms with Crippen molar-refractivity contribution in [2.45, 2.75) is 11.8 Å². The van der Waals surface area contributed by atoms with Gasteiger partial charge in [0.1, 0.15) is 0 Å². The maximum absolute atomic E-state index is 12.4. The topological polar surface area (TPSA) is 72.2 Å². The largest absolute Gasteiger partial charge is 0.399 e. The van der Waals surface area contributed by atoms with Gasteiger partial charge in [-0.1, -0.05) is 29.3 Å². The lowest BCUT2D eigenvalue weighted by atomic mass is 10.2. The van der Waals surface area contributed by atoms with Gasteiger partial charge in [-0.15, -0.1) is 0 Å². The van der Waals surface area contributed by atoms with Crippen LogP contribution in [0.15, 0.2) is 39.7 Å². The predicted octanol–water partition coefficient (Wildman–Crippen LogP) is 4.45. The SMILES string of the molecule is Cc1ccc(N)cc1S(=O)(=O)Nc1ccc(Br)c(Cl)c1Cl. The van der Waals surface area contributed by atoms with Gasteiger partial charge in [0.2, 0.25) is 0 Å². The third kappa shape index (κ3) is 3.45. The summed E-state index contributed by atoms with van der Waals surface area (Å²) in [4.78, 5) is 0.0950. The Morgan fingerprint density at radius 2 is 1.81 bits per heavy atom. The van der Waals surface area contributed by atoms with Gasteiger partial charge in [0.05, 0.1) is 20.6 Å². The van der Waals surface area contributed by atoms with Crippen LogP contribution in [-0.4, -0.2) is 8.42 Å². The van der Waals surface area contributed by atoms with Crippen LogP contribution < -0.4 is 10.5 Å². The highest BCUT2D eigenvalue weighted by Crippen LogP contribution is 2.37. The van der Waals surface area contributed by atoms with Crippen molar-refractivity contribution < 1.29 is 8.42 Å². The second-order valence-electron chi connectivity index (χ2n) is 4.35. The van der Waals surface area contributed by atoms with E-state index in [2.05, 4.69) is 20.7 Å². The number of nitrogens with one attached hydrogen (secondary N) is 1. The average molecular weight is 410 g/mol. The number of hydrogen-bond acceptors (Lipinski definition) is 3. The lowest BCUT2D eigenvalue weighted by Gasteiger charge is -2.13. The number of aryl methyl sites for hydroxylation is 1. The maximum atomic E-state index is 12.4. The Balaban J connectivity index is 2.47. The first-order valence-corrected chi connectivity index (χ1v) is 8.78. The molecule has 4 nitrogen and oxygen atoms in total. The fourth-order valence-corrected chi connectivity index (χ4v) is 3.94. The van der Waals surface area contributed by atoms with E-state index in [1.807, 2.05) is 0 Å². The molecule has 21 heavy (non-hydrogen) atoms. The molecule has 0 amide bonds. The number of hydrogen-bond donors (Lipinski definition) is 2. The average Bonchev–Trinajstić information content (AvgIpc) is 2.42. The standard InChI is InChI=1S/C13H11BrCl2N2O2S/c1-7-2-3-8(17)6-11(7)21(19,20)18-10-5-4-9(14)12(15)13(10)16/h2-6,18H,17H2,1H3. The monoisotopic (exact) mass is 408 g/mol. The molecule has 0 saturated carbocycles. The fraction of sp³-hybridized carbons (Fsp3) is 0.0769. The molecule has 0 aliphatic heterocycles. The van der Waals surface area contributed by atoms with E-state index in [4.69, 9.17) is 28.9 Å². The fourth-order valence-electron chi connectivity index (χ4n) is 1.71. The van der Waals surface area contributed by atoms with Crippen LogP contribution >= 0.6 is 39.1 Å². The molecule has 0 radical (unpaired) electrons. The number of nitrogen functional groups attached to an aromatic ring is 1. The van der Waals surface area contributed by atoms with Crippen molar-refractivity contribution in [2.24, 2.45) is 0 Å². The highest BCUT2D eigenvalue weighted by atomic mass is 79.9. The Bertz CT molecular complexity index is 810. The zero-order chi connectivity index (χ0) is 15.8. The Hall–Kier alpha value is -0.950. The summed E-state index contributed by atoms with van der Waals surface area (Å²) >= 11 is 15.2. The third-order valence-electron chi connectivity index (χ3n) is 2.78. The van der Waals surface area contributed by atoms with Crippen molar-refractivity contribution in [3.63, 3.8) is 0 Å². The molecule has 2 aromatic carbocycles. The van der Waals surface area contributed by atoms with Crippen LogP contribution in [0, 0.1) is 6.92 Å². The molecular formula is C13H11BrCl2N2O2S. The first kappa shape index (κ1) is 16.4. The van der Waals surface area contributed by atoms with E-state index in [1.165, 1.54) is 12.1 Å². The first-order chi connectivity index (χ1) is 9.72. The van der Waals surface area contributed by atoms with Crippen molar-refractivity contribution in [1.29, 1.82) is 0 Å². The van der Waals surface area contributed by atoms with Gasteiger partial charge in [-0.3, -0.25) is 4.72 Å². The summed E-state index contributed by atoms with van der Waals surface area (Å²) in [7, 11) is -3.81. The third-order valence-corrected chi connectivity index (χ3v) is 6.06. The highest BCUT2D eigenvalue weighted by Gasteiger charge is 2.20. The van der Waals surface area contributed by atoms with Crippen LogP contribution in [0.2, 0.25) is 10.0 Å². The Labute approximate surface area is 141 Å². The Morgan fingerprint density at radius 3 is 2.48 bits per heavy atom. The molecular weight excluding hydrogens is 399 g/mol. The number of anilines is 2. The van der Waals surface area contributed by atoms with Crippen LogP contribution in [0.5, 0.6) is 0 Å². The molecule has 0 fully saturated rings. The summed E-state index contributed by atoms with van der Waals surface area (Å²) in [6.45, 7) is 1.68. The summed E-state index contributed by atoms with van der Waals surface area (Å²) in [5.74, 6) is 0. The van der Waals surface area contributed by atoms with E-state index in [-0.39, 0.29) is 20.6 Å².